The number of para-hydroxylation sites is 2. The maximum Gasteiger partial charge on any atom is 0.258 e. The molecule has 0 fully saturated rings. The number of amides is 2. The SMILES string of the molecule is CCc1cccc(C)c1NCC(=O)Nc1cccc(C(=O)N(CC)c2ccccc2)c1. The van der Waals surface area contributed by atoms with Crippen molar-refractivity contribution in [3.63, 3.8) is 0 Å². The zero-order chi connectivity index (χ0) is 22.2. The molecule has 2 amide bonds. The van der Waals surface area contributed by atoms with Crippen LogP contribution in [0.4, 0.5) is 17.1 Å². The molecule has 0 bridgehead atoms. The van der Waals surface area contributed by atoms with E-state index in [1.807, 2.05) is 56.3 Å². The molecular weight excluding hydrogens is 386 g/mol. The zero-order valence-electron chi connectivity index (χ0n) is 18.3. The fourth-order valence-corrected chi connectivity index (χ4v) is 3.59. The van der Waals surface area contributed by atoms with Crippen molar-refractivity contribution < 1.29 is 9.59 Å². The van der Waals surface area contributed by atoms with Crippen molar-refractivity contribution in [2.24, 2.45) is 0 Å². The third-order valence-corrected chi connectivity index (χ3v) is 5.19. The van der Waals surface area contributed by atoms with Crippen LogP contribution in [0, 0.1) is 6.92 Å². The highest BCUT2D eigenvalue weighted by molar-refractivity contribution is 6.07. The number of aryl methyl sites for hydroxylation is 2. The van der Waals surface area contributed by atoms with Gasteiger partial charge in [-0.25, -0.2) is 0 Å². The highest BCUT2D eigenvalue weighted by atomic mass is 16.2. The summed E-state index contributed by atoms with van der Waals surface area (Å²) in [5.41, 5.74) is 5.27. The van der Waals surface area contributed by atoms with Crippen LogP contribution in [0.15, 0.2) is 72.8 Å². The normalized spacial score (nSPS) is 10.4. The van der Waals surface area contributed by atoms with Gasteiger partial charge in [0.1, 0.15) is 0 Å². The molecule has 0 aliphatic carbocycles. The first kappa shape index (κ1) is 22.1. The predicted molar refractivity (Wildman–Crippen MR) is 128 cm³/mol. The maximum atomic E-state index is 13.0. The summed E-state index contributed by atoms with van der Waals surface area (Å²) in [4.78, 5) is 27.3. The van der Waals surface area contributed by atoms with Gasteiger partial charge in [-0.3, -0.25) is 9.59 Å². The summed E-state index contributed by atoms with van der Waals surface area (Å²) in [6.07, 6.45) is 0.894. The number of hydrogen-bond donors (Lipinski definition) is 2. The maximum absolute atomic E-state index is 13.0. The fourth-order valence-electron chi connectivity index (χ4n) is 3.59. The molecule has 5 nitrogen and oxygen atoms in total. The second kappa shape index (κ2) is 10.4. The highest BCUT2D eigenvalue weighted by Gasteiger charge is 2.16. The van der Waals surface area contributed by atoms with Crippen molar-refractivity contribution >= 4 is 28.9 Å². The van der Waals surface area contributed by atoms with Crippen LogP contribution >= 0.6 is 0 Å². The molecule has 5 heteroatoms. The molecule has 3 aromatic rings. The molecule has 2 N–H and O–H groups in total. The Hall–Kier alpha value is -3.60. The number of carbonyl (C=O) groups is 2. The van der Waals surface area contributed by atoms with E-state index in [0.717, 1.165) is 23.4 Å². The van der Waals surface area contributed by atoms with Crippen LogP contribution in [0.5, 0.6) is 0 Å². The second-order valence-electron chi connectivity index (χ2n) is 7.33. The number of carbonyl (C=O) groups excluding carboxylic acids is 2. The average Bonchev–Trinajstić information content (AvgIpc) is 2.79. The molecule has 31 heavy (non-hydrogen) atoms. The number of nitrogens with zero attached hydrogens (tertiary/aromatic N) is 1. The Bertz CT molecular complexity index is 1050. The van der Waals surface area contributed by atoms with Gasteiger partial charge < -0.3 is 15.5 Å². The van der Waals surface area contributed by atoms with Crippen molar-refractivity contribution in [1.29, 1.82) is 0 Å². The Kier molecular flexibility index (Phi) is 7.44. The monoisotopic (exact) mass is 415 g/mol. The largest absolute Gasteiger partial charge is 0.376 e. The Morgan fingerprint density at radius 2 is 1.65 bits per heavy atom. The van der Waals surface area contributed by atoms with E-state index in [2.05, 4.69) is 23.6 Å². The summed E-state index contributed by atoms with van der Waals surface area (Å²) in [5, 5.41) is 6.14. The van der Waals surface area contributed by atoms with Gasteiger partial charge in [-0.05, 0) is 61.7 Å². The van der Waals surface area contributed by atoms with Gasteiger partial charge in [0.2, 0.25) is 5.91 Å². The van der Waals surface area contributed by atoms with Gasteiger partial charge in [0.05, 0.1) is 6.54 Å². The number of nitrogens with one attached hydrogen (secondary N) is 2. The average molecular weight is 416 g/mol. The lowest BCUT2D eigenvalue weighted by atomic mass is 10.1. The van der Waals surface area contributed by atoms with E-state index >= 15 is 0 Å². The minimum Gasteiger partial charge on any atom is -0.376 e. The van der Waals surface area contributed by atoms with E-state index < -0.39 is 0 Å². The van der Waals surface area contributed by atoms with Crippen molar-refractivity contribution in [1.82, 2.24) is 0 Å². The van der Waals surface area contributed by atoms with Crippen LogP contribution in [0.25, 0.3) is 0 Å². The van der Waals surface area contributed by atoms with Gasteiger partial charge in [0, 0.05) is 29.2 Å². The van der Waals surface area contributed by atoms with Crippen molar-refractivity contribution in [3.8, 4) is 0 Å². The summed E-state index contributed by atoms with van der Waals surface area (Å²) in [6.45, 7) is 6.78. The molecular formula is C26H29N3O2. The molecule has 0 saturated carbocycles. The van der Waals surface area contributed by atoms with E-state index in [9.17, 15) is 9.59 Å². The molecule has 0 heterocycles. The van der Waals surface area contributed by atoms with Gasteiger partial charge in [0.25, 0.3) is 5.91 Å². The summed E-state index contributed by atoms with van der Waals surface area (Å²) in [7, 11) is 0. The van der Waals surface area contributed by atoms with Gasteiger partial charge in [-0.15, -0.1) is 0 Å². The predicted octanol–water partition coefficient (Wildman–Crippen LogP) is 5.27. The van der Waals surface area contributed by atoms with Crippen LogP contribution in [-0.4, -0.2) is 24.9 Å². The molecule has 3 aromatic carbocycles. The lowest BCUT2D eigenvalue weighted by molar-refractivity contribution is -0.114. The Morgan fingerprint density at radius 3 is 2.35 bits per heavy atom. The molecule has 0 saturated heterocycles. The van der Waals surface area contributed by atoms with E-state index in [1.54, 1.807) is 29.2 Å². The van der Waals surface area contributed by atoms with Crippen molar-refractivity contribution in [2.45, 2.75) is 27.2 Å². The van der Waals surface area contributed by atoms with Crippen LogP contribution < -0.4 is 15.5 Å². The molecule has 0 unspecified atom stereocenters. The second-order valence-corrected chi connectivity index (χ2v) is 7.33. The number of benzene rings is 3. The molecule has 0 aliphatic heterocycles. The van der Waals surface area contributed by atoms with E-state index in [1.165, 1.54) is 5.56 Å². The van der Waals surface area contributed by atoms with Crippen molar-refractivity contribution in [2.75, 3.05) is 28.6 Å². The number of anilines is 3. The van der Waals surface area contributed by atoms with Gasteiger partial charge in [0.15, 0.2) is 0 Å². The Morgan fingerprint density at radius 1 is 0.903 bits per heavy atom. The summed E-state index contributed by atoms with van der Waals surface area (Å²) in [6, 6.07) is 22.7. The molecule has 0 aliphatic rings. The highest BCUT2D eigenvalue weighted by Crippen LogP contribution is 2.21. The minimum atomic E-state index is -0.162. The lowest BCUT2D eigenvalue weighted by Gasteiger charge is -2.21. The first-order valence-corrected chi connectivity index (χ1v) is 10.6. The number of rotatable bonds is 8. The Labute approximate surface area is 184 Å². The zero-order valence-corrected chi connectivity index (χ0v) is 18.3. The fraction of sp³-hybridized carbons (Fsp3) is 0.231. The minimum absolute atomic E-state index is 0.101. The standard InChI is InChI=1S/C26H29N3O2/c1-4-20-12-9-11-19(3)25(20)27-18-24(30)28-22-14-10-13-21(17-22)26(31)29(5-2)23-15-7-6-8-16-23/h6-17,27H,4-5,18H2,1-3H3,(H,28,30). The van der Waals surface area contributed by atoms with Crippen LogP contribution in [0.3, 0.4) is 0 Å². The van der Waals surface area contributed by atoms with Gasteiger partial charge >= 0.3 is 0 Å². The van der Waals surface area contributed by atoms with E-state index in [4.69, 9.17) is 0 Å². The first-order chi connectivity index (χ1) is 15.0. The van der Waals surface area contributed by atoms with Crippen LogP contribution in [0.1, 0.15) is 35.3 Å². The quantitative estimate of drug-likeness (QED) is 0.526. The Balaban J connectivity index is 1.68. The summed E-state index contributed by atoms with van der Waals surface area (Å²) < 4.78 is 0. The van der Waals surface area contributed by atoms with Crippen LogP contribution in [0.2, 0.25) is 0 Å². The smallest absolute Gasteiger partial charge is 0.258 e. The molecule has 0 spiro atoms. The third-order valence-electron chi connectivity index (χ3n) is 5.19. The summed E-state index contributed by atoms with van der Waals surface area (Å²) >= 11 is 0. The molecule has 0 aromatic heterocycles. The molecule has 3 rings (SSSR count). The number of hydrogen-bond acceptors (Lipinski definition) is 3. The lowest BCUT2D eigenvalue weighted by Crippen LogP contribution is -2.30. The molecule has 0 radical (unpaired) electrons. The third kappa shape index (κ3) is 5.51. The van der Waals surface area contributed by atoms with E-state index in [0.29, 0.717) is 17.8 Å². The van der Waals surface area contributed by atoms with Crippen molar-refractivity contribution in [3.05, 3.63) is 89.5 Å². The topological polar surface area (TPSA) is 61.4 Å². The van der Waals surface area contributed by atoms with Crippen LogP contribution in [-0.2, 0) is 11.2 Å². The molecule has 160 valence electrons. The first-order valence-electron chi connectivity index (χ1n) is 10.6. The van der Waals surface area contributed by atoms with Gasteiger partial charge in [-0.1, -0.05) is 49.4 Å². The molecule has 0 atom stereocenters. The van der Waals surface area contributed by atoms with E-state index in [-0.39, 0.29) is 18.4 Å². The van der Waals surface area contributed by atoms with Gasteiger partial charge in [-0.2, -0.15) is 0 Å². The summed E-state index contributed by atoms with van der Waals surface area (Å²) in [5.74, 6) is -0.263.